The second-order valence-electron chi connectivity index (χ2n) is 13.8. The Morgan fingerprint density at radius 1 is 0.806 bits per heavy atom. The Morgan fingerprint density at radius 2 is 1.45 bits per heavy atom. The highest BCUT2D eigenvalue weighted by Crippen LogP contribution is 2.61. The summed E-state index contributed by atoms with van der Waals surface area (Å²) >= 11 is 0. The molecule has 0 aromatic heterocycles. The van der Waals surface area contributed by atoms with Crippen molar-refractivity contribution >= 4 is 5.78 Å². The van der Waals surface area contributed by atoms with Crippen molar-refractivity contribution in [3.63, 3.8) is 0 Å². The molecule has 5 atom stereocenters. The lowest BCUT2D eigenvalue weighted by Crippen LogP contribution is -2.51. The van der Waals surface area contributed by atoms with Gasteiger partial charge in [0, 0.05) is 5.41 Å². The van der Waals surface area contributed by atoms with Gasteiger partial charge in [0.15, 0.2) is 5.78 Å². The lowest BCUT2D eigenvalue weighted by atomic mass is 9.48. The minimum atomic E-state index is -0.0241. The van der Waals surface area contributed by atoms with E-state index in [1.54, 1.807) is 0 Å². The zero-order chi connectivity index (χ0) is 21.3. The highest BCUT2D eigenvalue weighted by molar-refractivity contribution is 5.86. The summed E-state index contributed by atoms with van der Waals surface area (Å²) in [7, 11) is 0. The zero-order valence-electron chi connectivity index (χ0n) is 20.3. The van der Waals surface area contributed by atoms with Crippen LogP contribution in [0.2, 0.25) is 0 Å². The van der Waals surface area contributed by atoms with Crippen molar-refractivity contribution in [1.82, 2.24) is 0 Å². The molecule has 7 rings (SSSR count). The highest BCUT2D eigenvalue weighted by atomic mass is 16.5. The normalized spacial score (nSPS) is 53.1. The van der Waals surface area contributed by atoms with Gasteiger partial charge in [-0.15, -0.1) is 0 Å². The lowest BCUT2D eigenvalue weighted by molar-refractivity contribution is -0.157. The molecule has 0 N–H and O–H groups in total. The topological polar surface area (TPSA) is 26.3 Å². The third kappa shape index (κ3) is 3.66. The summed E-state index contributed by atoms with van der Waals surface area (Å²) in [6.45, 7) is 5.35. The molecule has 7 aliphatic carbocycles. The van der Waals surface area contributed by atoms with Crippen LogP contribution in [-0.4, -0.2) is 18.0 Å². The van der Waals surface area contributed by atoms with Gasteiger partial charge in [0.25, 0.3) is 0 Å². The number of hydrogen-bond acceptors (Lipinski definition) is 2. The van der Waals surface area contributed by atoms with E-state index in [1.807, 2.05) is 0 Å². The summed E-state index contributed by atoms with van der Waals surface area (Å²) in [5, 5.41) is 0. The fraction of sp³-hybridized carbons (Fsp3) is 0.966. The first-order valence-electron chi connectivity index (χ1n) is 14.1. The van der Waals surface area contributed by atoms with E-state index in [4.69, 9.17) is 4.74 Å². The van der Waals surface area contributed by atoms with Crippen LogP contribution in [0.5, 0.6) is 0 Å². The number of carbonyl (C=O) groups is 1. The third-order valence-corrected chi connectivity index (χ3v) is 11.8. The molecule has 0 aliphatic heterocycles. The first-order valence-corrected chi connectivity index (χ1v) is 14.1. The van der Waals surface area contributed by atoms with Crippen molar-refractivity contribution in [1.29, 1.82) is 0 Å². The van der Waals surface area contributed by atoms with E-state index in [1.165, 1.54) is 96.3 Å². The van der Waals surface area contributed by atoms with Crippen LogP contribution in [0.15, 0.2) is 0 Å². The summed E-state index contributed by atoms with van der Waals surface area (Å²) in [6, 6.07) is 0. The predicted molar refractivity (Wildman–Crippen MR) is 125 cm³/mol. The Hall–Kier alpha value is -0.370. The number of hydrogen-bond donors (Lipinski definition) is 0. The fourth-order valence-electron chi connectivity index (χ4n) is 10.5. The largest absolute Gasteiger partial charge is 0.367 e. The van der Waals surface area contributed by atoms with E-state index in [2.05, 4.69) is 13.8 Å². The van der Waals surface area contributed by atoms with Crippen LogP contribution in [0.25, 0.3) is 0 Å². The number of ether oxygens (including phenoxy) is 1. The summed E-state index contributed by atoms with van der Waals surface area (Å²) in [4.78, 5) is 13.6. The minimum absolute atomic E-state index is 0.00739. The number of fused-ring (bicyclic) bond motifs is 3. The van der Waals surface area contributed by atoms with Crippen molar-refractivity contribution in [2.24, 2.45) is 46.3 Å². The quantitative estimate of drug-likeness (QED) is 0.459. The second-order valence-corrected chi connectivity index (χ2v) is 13.8. The predicted octanol–water partition coefficient (Wildman–Crippen LogP) is 7.34. The Balaban J connectivity index is 1.14. The van der Waals surface area contributed by atoms with Gasteiger partial charge in [-0.3, -0.25) is 4.79 Å². The molecule has 0 spiro atoms. The molecule has 7 saturated carbocycles. The number of Topliss-reactive ketones (excluding diaryl/α,β-unsaturated/α-hetero) is 1. The van der Waals surface area contributed by atoms with Crippen molar-refractivity contribution in [2.45, 2.75) is 122 Å². The molecule has 0 aromatic carbocycles. The highest BCUT2D eigenvalue weighted by Gasteiger charge is 2.55. The number of carbonyl (C=O) groups excluding carboxylic acids is 1. The summed E-state index contributed by atoms with van der Waals surface area (Å²) in [5.74, 6) is 5.70. The molecule has 31 heavy (non-hydrogen) atoms. The molecule has 7 fully saturated rings. The number of ketones is 1. The molecule has 0 unspecified atom stereocenters. The van der Waals surface area contributed by atoms with E-state index in [-0.39, 0.29) is 11.0 Å². The summed E-state index contributed by atoms with van der Waals surface area (Å²) in [5.41, 5.74) is 0.609. The van der Waals surface area contributed by atoms with Crippen LogP contribution in [0, 0.1) is 46.3 Å². The van der Waals surface area contributed by atoms with Crippen molar-refractivity contribution in [3.05, 3.63) is 0 Å². The SMILES string of the molecule is CC[C@@]1(OCC(=O)C23CC4CC(CC(C4)C2)C3)CC[C@H]2C[C@H](C[C@@H]3CCC[C@]3(C)C2)C1. The third-order valence-electron chi connectivity index (χ3n) is 11.8. The average molecular weight is 427 g/mol. The van der Waals surface area contributed by atoms with Crippen LogP contribution in [0.3, 0.4) is 0 Å². The van der Waals surface area contributed by atoms with Gasteiger partial charge in [0.2, 0.25) is 0 Å². The maximum absolute atomic E-state index is 13.6. The van der Waals surface area contributed by atoms with Gasteiger partial charge in [0.05, 0.1) is 5.60 Å². The van der Waals surface area contributed by atoms with Crippen LogP contribution in [0.4, 0.5) is 0 Å². The van der Waals surface area contributed by atoms with Crippen LogP contribution < -0.4 is 0 Å². The monoisotopic (exact) mass is 426 g/mol. The summed E-state index contributed by atoms with van der Waals surface area (Å²) < 4.78 is 6.79. The molecular formula is C29H46O2. The van der Waals surface area contributed by atoms with Crippen molar-refractivity contribution in [3.8, 4) is 0 Å². The van der Waals surface area contributed by atoms with Gasteiger partial charge in [-0.1, -0.05) is 20.3 Å². The lowest BCUT2D eigenvalue weighted by Gasteiger charge is -2.56. The van der Waals surface area contributed by atoms with Crippen LogP contribution in [-0.2, 0) is 9.53 Å². The van der Waals surface area contributed by atoms with Gasteiger partial charge in [0.1, 0.15) is 6.61 Å². The molecule has 0 aromatic rings. The second kappa shape index (κ2) is 7.57. The molecule has 7 aliphatic rings. The molecule has 0 radical (unpaired) electrons. The van der Waals surface area contributed by atoms with Gasteiger partial charge >= 0.3 is 0 Å². The zero-order valence-corrected chi connectivity index (χ0v) is 20.3. The van der Waals surface area contributed by atoms with Gasteiger partial charge in [-0.2, -0.15) is 0 Å². The molecule has 0 saturated heterocycles. The number of rotatable bonds is 5. The van der Waals surface area contributed by atoms with Crippen LogP contribution in [0.1, 0.15) is 117 Å². The molecule has 0 heterocycles. The Bertz CT molecular complexity index is 676. The van der Waals surface area contributed by atoms with Crippen molar-refractivity contribution < 1.29 is 9.53 Å². The molecule has 174 valence electrons. The molecule has 0 amide bonds. The van der Waals surface area contributed by atoms with E-state index >= 15 is 0 Å². The fourth-order valence-corrected chi connectivity index (χ4v) is 10.5. The van der Waals surface area contributed by atoms with E-state index < -0.39 is 0 Å². The van der Waals surface area contributed by atoms with Crippen molar-refractivity contribution in [2.75, 3.05) is 6.61 Å². The maximum Gasteiger partial charge on any atom is 0.164 e. The minimum Gasteiger partial charge on any atom is -0.367 e. The smallest absolute Gasteiger partial charge is 0.164 e. The molecule has 6 bridgehead atoms. The molecule has 2 heteroatoms. The first kappa shape index (κ1) is 21.2. The Morgan fingerprint density at radius 3 is 2.13 bits per heavy atom. The Labute approximate surface area is 190 Å². The first-order chi connectivity index (χ1) is 14.9. The maximum atomic E-state index is 13.6. The van der Waals surface area contributed by atoms with E-state index in [9.17, 15) is 4.79 Å². The standard InChI is InChI=1S/C29H46O2/c1-3-29(8-6-20-9-24(18-29)13-25-5-4-7-27(25,2)14-20)31-19-26(30)28-15-21-10-22(16-28)12-23(11-21)17-28/h20-25H,3-19H2,1-2H3/t20-,21?,22?,23?,24+,25-,27+,28?,29+/m0/s1. The Kier molecular flexibility index (Phi) is 5.17. The average Bonchev–Trinajstić information content (AvgIpc) is 2.91. The molecular weight excluding hydrogens is 380 g/mol. The van der Waals surface area contributed by atoms with E-state index in [0.29, 0.717) is 17.8 Å². The van der Waals surface area contributed by atoms with Gasteiger partial charge < -0.3 is 4.74 Å². The van der Waals surface area contributed by atoms with Gasteiger partial charge in [-0.05, 0) is 137 Å². The van der Waals surface area contributed by atoms with E-state index in [0.717, 1.165) is 41.9 Å². The van der Waals surface area contributed by atoms with Gasteiger partial charge in [-0.25, -0.2) is 0 Å². The van der Waals surface area contributed by atoms with Crippen LogP contribution >= 0.6 is 0 Å². The molecule has 2 nitrogen and oxygen atoms in total. The summed E-state index contributed by atoms with van der Waals surface area (Å²) in [6.07, 6.45) is 21.3.